The lowest BCUT2D eigenvalue weighted by molar-refractivity contribution is 0.691. The number of rotatable bonds is 5. The molecule has 0 heterocycles. The predicted octanol–water partition coefficient (Wildman–Crippen LogP) is 3.60. The van der Waals surface area contributed by atoms with Crippen molar-refractivity contribution in [2.24, 2.45) is 5.92 Å². The molecule has 0 spiro atoms. The first kappa shape index (κ1) is 25.5. The molecule has 0 bridgehead atoms. The normalized spacial score (nSPS) is 11.6. The summed E-state index contributed by atoms with van der Waals surface area (Å²) in [4.78, 5) is 0. The second-order valence-corrected chi connectivity index (χ2v) is 9.67. The van der Waals surface area contributed by atoms with Gasteiger partial charge in [0, 0.05) is 9.24 Å². The van der Waals surface area contributed by atoms with Crippen LogP contribution in [0, 0.1) is 39.9 Å². The van der Waals surface area contributed by atoms with E-state index in [2.05, 4.69) is 121 Å². The van der Waals surface area contributed by atoms with E-state index in [0.717, 1.165) is 0 Å². The van der Waals surface area contributed by atoms with E-state index in [-0.39, 0.29) is 0 Å². The van der Waals surface area contributed by atoms with Gasteiger partial charge in [-0.15, -0.1) is 0 Å². The van der Waals surface area contributed by atoms with E-state index >= 15 is 0 Å². The lowest BCUT2D eigenvalue weighted by Crippen LogP contribution is -2.74. The van der Waals surface area contributed by atoms with Gasteiger partial charge < -0.3 is 0 Å². The first-order chi connectivity index (χ1) is 17.0. The van der Waals surface area contributed by atoms with E-state index in [1.54, 1.807) is 6.92 Å². The van der Waals surface area contributed by atoms with Crippen LogP contribution in [0.4, 0.5) is 0 Å². The van der Waals surface area contributed by atoms with E-state index < -0.39 is 17.2 Å². The summed E-state index contributed by atoms with van der Waals surface area (Å²) in [6.07, 6.45) is -1.22. The van der Waals surface area contributed by atoms with E-state index in [9.17, 15) is 0 Å². The minimum atomic E-state index is -1.22. The summed E-state index contributed by atoms with van der Waals surface area (Å²) in [7, 11) is 1.25. The molecule has 0 radical (unpaired) electrons. The van der Waals surface area contributed by atoms with Crippen LogP contribution < -0.4 is 21.9 Å². The van der Waals surface area contributed by atoms with Gasteiger partial charge in [0.05, 0.1) is 6.07 Å². The van der Waals surface area contributed by atoms with Gasteiger partial charge in [-0.05, 0) is 6.92 Å². The number of nitriles is 3. The third-order valence-corrected chi connectivity index (χ3v) is 7.46. The van der Waals surface area contributed by atoms with Crippen LogP contribution in [-0.4, -0.2) is 11.3 Å². The summed E-state index contributed by atoms with van der Waals surface area (Å²) in [5.41, 5.74) is 5.36. The molecule has 4 rings (SSSR count). The Balaban J connectivity index is 0.000000292. The highest BCUT2D eigenvalue weighted by Gasteiger charge is 2.37. The first-order valence-electron chi connectivity index (χ1n) is 11.5. The molecule has 3 nitrogen and oxygen atoms in total. The minimum absolute atomic E-state index is 0.527. The molecule has 5 heteroatoms. The summed E-state index contributed by atoms with van der Waals surface area (Å²) in [6.45, 7) is 1.57. The molecule has 0 saturated carbocycles. The highest BCUT2D eigenvalue weighted by molar-refractivity contribution is 7.20. The SMILES string of the molecule is CC(C#N)C([PH3+])(C#N)C#N.c1ccc([B-](c2ccccc2)(c2ccccc2)c2ccccc2)cc1. The molecule has 2 atom stereocenters. The van der Waals surface area contributed by atoms with Crippen LogP contribution in [-0.2, 0) is 0 Å². The topological polar surface area (TPSA) is 71.4 Å². The highest BCUT2D eigenvalue weighted by Crippen LogP contribution is 2.25. The predicted molar refractivity (Wildman–Crippen MR) is 150 cm³/mol. The maximum absolute atomic E-state index is 8.47. The quantitative estimate of drug-likeness (QED) is 0.330. The van der Waals surface area contributed by atoms with Crippen LogP contribution in [0.5, 0.6) is 0 Å². The average molecular weight is 471 g/mol. The van der Waals surface area contributed by atoms with Gasteiger partial charge in [0.25, 0.3) is 5.16 Å². The molecular formula is C30H27BN3P. The van der Waals surface area contributed by atoms with Crippen molar-refractivity contribution in [2.45, 2.75) is 12.1 Å². The average Bonchev–Trinajstić information content (AvgIpc) is 2.95. The monoisotopic (exact) mass is 471 g/mol. The Morgan fingerprint density at radius 1 is 0.571 bits per heavy atom. The molecule has 0 aliphatic carbocycles. The molecule has 0 aliphatic heterocycles. The summed E-state index contributed by atoms with van der Waals surface area (Å²) < 4.78 is 0. The molecule has 0 amide bonds. The van der Waals surface area contributed by atoms with Crippen molar-refractivity contribution in [1.82, 2.24) is 0 Å². The van der Waals surface area contributed by atoms with E-state index in [1.807, 2.05) is 18.2 Å². The van der Waals surface area contributed by atoms with Crippen LogP contribution in [0.3, 0.4) is 0 Å². The summed E-state index contributed by atoms with van der Waals surface area (Å²) in [5.74, 6) is -0.527. The fourth-order valence-electron chi connectivity index (χ4n) is 4.45. The Morgan fingerprint density at radius 2 is 0.829 bits per heavy atom. The van der Waals surface area contributed by atoms with E-state index in [4.69, 9.17) is 15.8 Å². The molecule has 0 aliphatic rings. The molecule has 0 aromatic heterocycles. The van der Waals surface area contributed by atoms with Crippen molar-refractivity contribution in [3.05, 3.63) is 121 Å². The van der Waals surface area contributed by atoms with Crippen molar-refractivity contribution in [2.75, 3.05) is 0 Å². The van der Waals surface area contributed by atoms with Crippen molar-refractivity contribution in [3.63, 3.8) is 0 Å². The van der Waals surface area contributed by atoms with Gasteiger partial charge in [0.1, 0.15) is 24.2 Å². The molecule has 4 aromatic rings. The van der Waals surface area contributed by atoms with Crippen molar-refractivity contribution >= 4 is 37.2 Å². The largest absolute Gasteiger partial charge is 0.256 e. The van der Waals surface area contributed by atoms with E-state index in [1.165, 1.54) is 31.1 Å². The van der Waals surface area contributed by atoms with Crippen LogP contribution in [0.2, 0.25) is 0 Å². The van der Waals surface area contributed by atoms with Gasteiger partial charge in [0.15, 0.2) is 0 Å². The molecule has 2 unspecified atom stereocenters. The smallest absolute Gasteiger partial charge is 0.198 e. The zero-order valence-corrected chi connectivity index (χ0v) is 21.2. The number of nitrogens with zero attached hydrogens (tertiary/aromatic N) is 3. The van der Waals surface area contributed by atoms with Gasteiger partial charge in [0.2, 0.25) is 0 Å². The Labute approximate surface area is 210 Å². The number of hydrogen-bond donors (Lipinski definition) is 0. The maximum atomic E-state index is 8.47. The third kappa shape index (κ3) is 5.34. The Morgan fingerprint density at radius 3 is 1.00 bits per heavy atom. The number of benzene rings is 4. The summed E-state index contributed by atoms with van der Waals surface area (Å²) in [5, 5.41) is 24.2. The lowest BCUT2D eigenvalue weighted by Gasteiger charge is -2.44. The third-order valence-electron chi connectivity index (χ3n) is 6.53. The summed E-state index contributed by atoms with van der Waals surface area (Å²) >= 11 is 0. The molecule has 35 heavy (non-hydrogen) atoms. The van der Waals surface area contributed by atoms with Crippen LogP contribution in [0.15, 0.2) is 121 Å². The molecule has 0 saturated heterocycles. The van der Waals surface area contributed by atoms with Crippen molar-refractivity contribution in [1.29, 1.82) is 15.8 Å². The second-order valence-electron chi connectivity index (χ2n) is 8.55. The van der Waals surface area contributed by atoms with Crippen LogP contribution in [0.1, 0.15) is 6.92 Å². The summed E-state index contributed by atoms with van der Waals surface area (Å²) in [6, 6.07) is 49.0. The highest BCUT2D eigenvalue weighted by atomic mass is 31.0. The van der Waals surface area contributed by atoms with Crippen LogP contribution in [0.25, 0.3) is 0 Å². The Bertz CT molecular complexity index is 1160. The first-order valence-corrected chi connectivity index (χ1v) is 12.2. The minimum Gasteiger partial charge on any atom is -0.198 e. The van der Waals surface area contributed by atoms with Crippen LogP contribution >= 0.6 is 9.24 Å². The van der Waals surface area contributed by atoms with Gasteiger partial charge in [-0.2, -0.15) is 37.6 Å². The molecule has 4 aromatic carbocycles. The van der Waals surface area contributed by atoms with Crippen molar-refractivity contribution < 1.29 is 0 Å². The van der Waals surface area contributed by atoms with Gasteiger partial charge in [-0.3, -0.25) is 0 Å². The van der Waals surface area contributed by atoms with Gasteiger partial charge in [-0.1, -0.05) is 121 Å². The molecule has 170 valence electrons. The fraction of sp³-hybridized carbons (Fsp3) is 0.100. The van der Waals surface area contributed by atoms with Gasteiger partial charge >= 0.3 is 0 Å². The molecular weight excluding hydrogens is 444 g/mol. The zero-order valence-electron chi connectivity index (χ0n) is 19.8. The fourth-order valence-corrected chi connectivity index (χ4v) is 4.54. The Hall–Kier alpha value is -4.16. The number of hydrogen-bond acceptors (Lipinski definition) is 3. The van der Waals surface area contributed by atoms with Gasteiger partial charge in [-0.25, -0.2) is 0 Å². The maximum Gasteiger partial charge on any atom is 0.256 e. The standard InChI is InChI=1S/C24H20B.C6H6N3P/c1-5-13-21(14-6-1)25(22-15-7-2-8-16-22,23-17-9-3-10-18-23)24-19-11-4-12-20-24;1-5(2-7)6(10,3-8)4-9/h1-20H;5H,10H2,1H3/q-1;/p+1. The molecule has 0 fully saturated rings. The van der Waals surface area contributed by atoms with Crippen molar-refractivity contribution in [3.8, 4) is 18.2 Å². The zero-order chi connectivity index (χ0) is 25.2. The van der Waals surface area contributed by atoms with E-state index in [0.29, 0.717) is 0 Å². The second kappa shape index (κ2) is 11.8. The Kier molecular flexibility index (Phi) is 8.60. The molecule has 0 N–H and O–H groups in total. The lowest BCUT2D eigenvalue weighted by atomic mass is 9.13.